The van der Waals surface area contributed by atoms with Crippen molar-refractivity contribution in [1.29, 1.82) is 0 Å². The number of hydrogen-bond donors (Lipinski definition) is 1. The van der Waals surface area contributed by atoms with Crippen molar-refractivity contribution < 1.29 is 18.7 Å². The van der Waals surface area contributed by atoms with Crippen molar-refractivity contribution >= 4 is 28.4 Å². The fraction of sp³-hybridized carbons (Fsp3) is 0.250. The maximum Gasteiger partial charge on any atom is 0.331 e. The molecule has 10 heteroatoms. The molecule has 198 valence electrons. The van der Waals surface area contributed by atoms with Crippen LogP contribution in [-0.4, -0.2) is 35.8 Å². The molecule has 0 radical (unpaired) electrons. The number of nitrogens with one attached hydrogen (secondary N) is 1. The average molecular weight is 540 g/mol. The van der Waals surface area contributed by atoms with E-state index in [0.29, 0.717) is 40.9 Å². The van der Waals surface area contributed by atoms with Gasteiger partial charge in [-0.2, -0.15) is 0 Å². The van der Waals surface area contributed by atoms with E-state index in [-0.39, 0.29) is 30.4 Å². The molecular weight excluding hydrogens is 513 g/mol. The lowest BCUT2D eigenvalue weighted by molar-refractivity contribution is -0.121. The number of halogens is 2. The summed E-state index contributed by atoms with van der Waals surface area (Å²) < 4.78 is 26.5. The Kier molecular flexibility index (Phi) is 8.48. The Bertz CT molecular complexity index is 1600. The SMILES string of the molecule is COc1ccc(CCNC(=O)CCn2c(=O)c3ccccc3n(Cc3ccc(F)cc3Cl)c2=O)cc1OC. The molecule has 0 saturated carbocycles. The zero-order valence-corrected chi connectivity index (χ0v) is 21.8. The fourth-order valence-corrected chi connectivity index (χ4v) is 4.45. The maximum atomic E-state index is 13.5. The molecule has 0 aliphatic rings. The standard InChI is InChI=1S/C28H27ClFN3O5/c1-37-24-10-7-18(15-25(24)38-2)11-13-31-26(34)12-14-32-27(35)21-5-3-4-6-23(21)33(28(32)36)17-19-8-9-20(30)16-22(19)29/h3-10,15-16H,11-14,17H2,1-2H3,(H,31,34). The van der Waals surface area contributed by atoms with Crippen LogP contribution in [0.2, 0.25) is 5.02 Å². The van der Waals surface area contributed by atoms with Crippen LogP contribution >= 0.6 is 11.6 Å². The number of carbonyl (C=O) groups excluding carboxylic acids is 1. The predicted octanol–water partition coefficient (Wildman–Crippen LogP) is 3.77. The first-order valence-corrected chi connectivity index (χ1v) is 12.3. The number of hydrogen-bond acceptors (Lipinski definition) is 5. The molecule has 1 aromatic heterocycles. The van der Waals surface area contributed by atoms with Crippen LogP contribution in [0.4, 0.5) is 4.39 Å². The first kappa shape index (κ1) is 26.9. The van der Waals surface area contributed by atoms with E-state index in [1.165, 1.54) is 22.8 Å². The third-order valence-electron chi connectivity index (χ3n) is 6.22. The molecule has 1 heterocycles. The van der Waals surface area contributed by atoms with Gasteiger partial charge in [0.2, 0.25) is 5.91 Å². The van der Waals surface area contributed by atoms with Crippen LogP contribution in [0.5, 0.6) is 11.5 Å². The summed E-state index contributed by atoms with van der Waals surface area (Å²) in [4.78, 5) is 39.0. The van der Waals surface area contributed by atoms with Gasteiger partial charge in [0.25, 0.3) is 5.56 Å². The van der Waals surface area contributed by atoms with Gasteiger partial charge in [-0.25, -0.2) is 9.18 Å². The minimum absolute atomic E-state index is 0.0380. The summed E-state index contributed by atoms with van der Waals surface area (Å²) in [6.07, 6.45) is 0.504. The highest BCUT2D eigenvalue weighted by Gasteiger charge is 2.15. The van der Waals surface area contributed by atoms with Crippen LogP contribution in [0.1, 0.15) is 17.5 Å². The van der Waals surface area contributed by atoms with Crippen molar-refractivity contribution in [1.82, 2.24) is 14.5 Å². The highest BCUT2D eigenvalue weighted by molar-refractivity contribution is 6.31. The molecule has 0 bridgehead atoms. The summed E-state index contributed by atoms with van der Waals surface area (Å²) in [6, 6.07) is 16.2. The van der Waals surface area contributed by atoms with E-state index in [2.05, 4.69) is 5.32 Å². The molecular formula is C28H27ClFN3O5. The molecule has 8 nitrogen and oxygen atoms in total. The Morgan fingerprint density at radius 3 is 2.47 bits per heavy atom. The summed E-state index contributed by atoms with van der Waals surface area (Å²) in [7, 11) is 3.12. The monoisotopic (exact) mass is 539 g/mol. The zero-order chi connectivity index (χ0) is 27.2. The van der Waals surface area contributed by atoms with E-state index >= 15 is 0 Å². The quantitative estimate of drug-likeness (QED) is 0.331. The molecule has 3 aromatic carbocycles. The van der Waals surface area contributed by atoms with E-state index in [9.17, 15) is 18.8 Å². The lowest BCUT2D eigenvalue weighted by atomic mass is 10.1. The molecule has 0 fully saturated rings. The number of fused-ring (bicyclic) bond motifs is 1. The van der Waals surface area contributed by atoms with Crippen molar-refractivity contribution in [2.24, 2.45) is 0 Å². The van der Waals surface area contributed by atoms with Gasteiger partial charge in [0, 0.05) is 24.5 Å². The molecule has 0 atom stereocenters. The van der Waals surface area contributed by atoms with E-state index < -0.39 is 17.1 Å². The Balaban J connectivity index is 1.49. The summed E-state index contributed by atoms with van der Waals surface area (Å²) in [6.45, 7) is 0.312. The van der Waals surface area contributed by atoms with Gasteiger partial charge in [-0.1, -0.05) is 35.9 Å². The Labute approximate surface area is 223 Å². The van der Waals surface area contributed by atoms with Crippen molar-refractivity contribution in [3.63, 3.8) is 0 Å². The summed E-state index contributed by atoms with van der Waals surface area (Å²) in [5.74, 6) is 0.440. The van der Waals surface area contributed by atoms with Gasteiger partial charge in [-0.05, 0) is 53.9 Å². The molecule has 1 amide bonds. The number of carbonyl (C=O) groups is 1. The summed E-state index contributed by atoms with van der Waals surface area (Å²) >= 11 is 6.19. The number of aromatic nitrogens is 2. The Morgan fingerprint density at radius 2 is 1.74 bits per heavy atom. The Hall–Kier alpha value is -4.11. The van der Waals surface area contributed by atoms with E-state index in [4.69, 9.17) is 21.1 Å². The zero-order valence-electron chi connectivity index (χ0n) is 21.0. The van der Waals surface area contributed by atoms with E-state index in [1.54, 1.807) is 44.6 Å². The molecule has 38 heavy (non-hydrogen) atoms. The minimum Gasteiger partial charge on any atom is -0.493 e. The van der Waals surface area contributed by atoms with Crippen LogP contribution in [0, 0.1) is 5.82 Å². The van der Waals surface area contributed by atoms with Crippen LogP contribution in [-0.2, 0) is 24.3 Å². The normalized spacial score (nSPS) is 10.9. The topological polar surface area (TPSA) is 91.6 Å². The molecule has 4 aromatic rings. The molecule has 0 saturated heterocycles. The number of nitrogens with zero attached hydrogens (tertiary/aromatic N) is 2. The molecule has 0 unspecified atom stereocenters. The molecule has 1 N–H and O–H groups in total. The number of rotatable bonds is 10. The number of ether oxygens (including phenoxy) is 2. The molecule has 4 rings (SSSR count). The second-order valence-corrected chi connectivity index (χ2v) is 9.02. The number of methoxy groups -OCH3 is 2. The third kappa shape index (κ3) is 5.89. The number of para-hydroxylation sites is 1. The van der Waals surface area contributed by atoms with Gasteiger partial charge in [0.1, 0.15) is 5.82 Å². The maximum absolute atomic E-state index is 13.5. The highest BCUT2D eigenvalue weighted by atomic mass is 35.5. The van der Waals surface area contributed by atoms with E-state index in [1.807, 2.05) is 12.1 Å². The fourth-order valence-electron chi connectivity index (χ4n) is 4.23. The van der Waals surface area contributed by atoms with Gasteiger partial charge in [0.15, 0.2) is 11.5 Å². The molecule has 0 aliphatic carbocycles. The molecule has 0 aliphatic heterocycles. The largest absolute Gasteiger partial charge is 0.493 e. The second-order valence-electron chi connectivity index (χ2n) is 8.62. The first-order chi connectivity index (χ1) is 18.3. The van der Waals surface area contributed by atoms with Crippen LogP contribution in [0.3, 0.4) is 0 Å². The summed E-state index contributed by atoms with van der Waals surface area (Å²) in [5.41, 5.74) is 0.852. The Morgan fingerprint density at radius 1 is 0.974 bits per heavy atom. The van der Waals surface area contributed by atoms with Gasteiger partial charge in [0.05, 0.1) is 31.7 Å². The first-order valence-electron chi connectivity index (χ1n) is 12.0. The van der Waals surface area contributed by atoms with Gasteiger partial charge in [-0.15, -0.1) is 0 Å². The lowest BCUT2D eigenvalue weighted by Crippen LogP contribution is -2.41. The van der Waals surface area contributed by atoms with Crippen molar-refractivity contribution in [3.05, 3.63) is 103 Å². The lowest BCUT2D eigenvalue weighted by Gasteiger charge is -2.15. The van der Waals surface area contributed by atoms with Crippen molar-refractivity contribution in [2.45, 2.75) is 25.9 Å². The van der Waals surface area contributed by atoms with Crippen LogP contribution in [0.15, 0.2) is 70.3 Å². The van der Waals surface area contributed by atoms with Gasteiger partial charge in [-0.3, -0.25) is 18.7 Å². The smallest absolute Gasteiger partial charge is 0.331 e. The van der Waals surface area contributed by atoms with Gasteiger partial charge < -0.3 is 14.8 Å². The second kappa shape index (κ2) is 12.0. The van der Waals surface area contributed by atoms with Crippen LogP contribution < -0.4 is 26.0 Å². The average Bonchev–Trinajstić information content (AvgIpc) is 2.92. The minimum atomic E-state index is -0.577. The van der Waals surface area contributed by atoms with Crippen LogP contribution in [0.25, 0.3) is 10.9 Å². The predicted molar refractivity (Wildman–Crippen MR) is 144 cm³/mol. The number of amides is 1. The summed E-state index contributed by atoms with van der Waals surface area (Å²) in [5, 5.41) is 3.33. The third-order valence-corrected chi connectivity index (χ3v) is 6.57. The highest BCUT2D eigenvalue weighted by Crippen LogP contribution is 2.27. The van der Waals surface area contributed by atoms with E-state index in [0.717, 1.165) is 10.1 Å². The van der Waals surface area contributed by atoms with Crippen molar-refractivity contribution in [3.8, 4) is 11.5 Å². The molecule has 0 spiro atoms. The van der Waals surface area contributed by atoms with Crippen molar-refractivity contribution in [2.75, 3.05) is 20.8 Å². The van der Waals surface area contributed by atoms with Gasteiger partial charge >= 0.3 is 5.69 Å². The number of benzene rings is 3.